The minimum absolute atomic E-state index is 0.258. The first-order chi connectivity index (χ1) is 16.5. The van der Waals surface area contributed by atoms with Crippen LogP contribution in [0.1, 0.15) is 5.82 Å². The highest BCUT2D eigenvalue weighted by molar-refractivity contribution is 7.89. The second kappa shape index (κ2) is 9.28. The SMILES string of the molecule is Cc1nc(N2CCN(S(=O)(=O)c3ccc(Oc4ccccc4)cc3)CC2)cc(-n2cccc2)n1. The van der Waals surface area contributed by atoms with Crippen molar-refractivity contribution in [1.82, 2.24) is 18.8 Å². The molecule has 2 aromatic carbocycles. The molecule has 0 aliphatic carbocycles. The third-order valence-corrected chi connectivity index (χ3v) is 7.60. The predicted molar refractivity (Wildman–Crippen MR) is 130 cm³/mol. The smallest absolute Gasteiger partial charge is 0.243 e. The molecule has 2 aromatic heterocycles. The predicted octanol–water partition coefficient (Wildman–Crippen LogP) is 3.88. The molecule has 9 heteroatoms. The van der Waals surface area contributed by atoms with Crippen molar-refractivity contribution in [1.29, 1.82) is 0 Å². The second-order valence-electron chi connectivity index (χ2n) is 8.00. The molecule has 1 aliphatic heterocycles. The lowest BCUT2D eigenvalue weighted by molar-refractivity contribution is 0.383. The van der Waals surface area contributed by atoms with E-state index in [0.717, 1.165) is 11.6 Å². The van der Waals surface area contributed by atoms with Crippen LogP contribution in [0.4, 0.5) is 5.82 Å². The van der Waals surface area contributed by atoms with Crippen molar-refractivity contribution < 1.29 is 13.2 Å². The quantitative estimate of drug-likeness (QED) is 0.421. The molecule has 0 bridgehead atoms. The minimum Gasteiger partial charge on any atom is -0.457 e. The third kappa shape index (κ3) is 4.66. The molecule has 4 aromatic rings. The van der Waals surface area contributed by atoms with Crippen LogP contribution in [0.25, 0.3) is 5.82 Å². The molecule has 1 aliphatic rings. The lowest BCUT2D eigenvalue weighted by atomic mass is 10.3. The lowest BCUT2D eigenvalue weighted by Crippen LogP contribution is -2.49. The molecule has 0 amide bonds. The van der Waals surface area contributed by atoms with E-state index in [9.17, 15) is 8.42 Å². The standard InChI is InChI=1S/C25H25N5O3S/c1-20-26-24(28-13-5-6-14-28)19-25(27-20)29-15-17-30(18-16-29)34(31,32)23-11-9-22(10-12-23)33-21-7-3-2-4-8-21/h2-14,19H,15-18H2,1H3. The summed E-state index contributed by atoms with van der Waals surface area (Å²) in [7, 11) is -3.59. The Morgan fingerprint density at radius 2 is 1.38 bits per heavy atom. The maximum atomic E-state index is 13.2. The molecule has 1 fully saturated rings. The van der Waals surface area contributed by atoms with Crippen molar-refractivity contribution in [3.05, 3.63) is 91.0 Å². The van der Waals surface area contributed by atoms with Gasteiger partial charge >= 0.3 is 0 Å². The van der Waals surface area contributed by atoms with Gasteiger partial charge in [0.25, 0.3) is 0 Å². The Kier molecular flexibility index (Phi) is 6.04. The van der Waals surface area contributed by atoms with E-state index < -0.39 is 10.0 Å². The zero-order valence-electron chi connectivity index (χ0n) is 18.8. The van der Waals surface area contributed by atoms with Gasteiger partial charge in [0, 0.05) is 44.6 Å². The van der Waals surface area contributed by atoms with Gasteiger partial charge in [0.1, 0.15) is 29.0 Å². The maximum absolute atomic E-state index is 13.2. The van der Waals surface area contributed by atoms with Gasteiger partial charge in [0.15, 0.2) is 0 Å². The van der Waals surface area contributed by atoms with Gasteiger partial charge in [-0.05, 0) is 55.5 Å². The van der Waals surface area contributed by atoms with Crippen molar-refractivity contribution in [2.24, 2.45) is 0 Å². The summed E-state index contributed by atoms with van der Waals surface area (Å²) in [6.45, 7) is 3.73. The maximum Gasteiger partial charge on any atom is 0.243 e. The molecule has 3 heterocycles. The molecular formula is C25H25N5O3S. The second-order valence-corrected chi connectivity index (χ2v) is 9.94. The Morgan fingerprint density at radius 1 is 0.765 bits per heavy atom. The van der Waals surface area contributed by atoms with Crippen molar-refractivity contribution in [2.75, 3.05) is 31.1 Å². The fraction of sp³-hybridized carbons (Fsp3) is 0.200. The highest BCUT2D eigenvalue weighted by Crippen LogP contribution is 2.25. The van der Waals surface area contributed by atoms with Crippen LogP contribution in [-0.2, 0) is 10.0 Å². The molecular weight excluding hydrogens is 450 g/mol. The molecule has 1 saturated heterocycles. The van der Waals surface area contributed by atoms with Gasteiger partial charge in [-0.3, -0.25) is 0 Å². The van der Waals surface area contributed by atoms with Gasteiger partial charge in [-0.1, -0.05) is 18.2 Å². The summed E-state index contributed by atoms with van der Waals surface area (Å²) in [6.07, 6.45) is 3.87. The van der Waals surface area contributed by atoms with E-state index in [1.807, 2.05) is 72.4 Å². The number of hydrogen-bond acceptors (Lipinski definition) is 6. The molecule has 5 rings (SSSR count). The Bertz CT molecular complexity index is 1350. The van der Waals surface area contributed by atoms with Gasteiger partial charge in [-0.15, -0.1) is 0 Å². The first-order valence-electron chi connectivity index (χ1n) is 11.1. The van der Waals surface area contributed by atoms with E-state index in [2.05, 4.69) is 14.9 Å². The number of piperazine rings is 1. The Labute approximate surface area is 199 Å². The van der Waals surface area contributed by atoms with Crippen LogP contribution in [-0.4, -0.2) is 53.4 Å². The van der Waals surface area contributed by atoms with Crippen LogP contribution in [0, 0.1) is 6.92 Å². The van der Waals surface area contributed by atoms with Crippen molar-refractivity contribution >= 4 is 15.8 Å². The van der Waals surface area contributed by atoms with Crippen molar-refractivity contribution in [3.8, 4) is 17.3 Å². The fourth-order valence-corrected chi connectivity index (χ4v) is 5.35. The van der Waals surface area contributed by atoms with Crippen LogP contribution < -0.4 is 9.64 Å². The molecule has 0 N–H and O–H groups in total. The number of nitrogens with zero attached hydrogens (tertiary/aromatic N) is 5. The van der Waals surface area contributed by atoms with Gasteiger partial charge in [0.2, 0.25) is 10.0 Å². The average molecular weight is 476 g/mol. The zero-order chi connectivity index (χ0) is 23.5. The van der Waals surface area contributed by atoms with E-state index in [1.54, 1.807) is 24.3 Å². The minimum atomic E-state index is -3.59. The normalized spacial score (nSPS) is 14.8. The average Bonchev–Trinajstić information content (AvgIpc) is 3.40. The number of para-hydroxylation sites is 1. The number of hydrogen-bond donors (Lipinski definition) is 0. The number of rotatable bonds is 6. The summed E-state index contributed by atoms with van der Waals surface area (Å²) in [6, 6.07) is 21.8. The summed E-state index contributed by atoms with van der Waals surface area (Å²) in [5.41, 5.74) is 0. The summed E-state index contributed by atoms with van der Waals surface area (Å²) >= 11 is 0. The van der Waals surface area contributed by atoms with Gasteiger partial charge in [0.05, 0.1) is 4.90 Å². The van der Waals surface area contributed by atoms with Crippen LogP contribution in [0.5, 0.6) is 11.5 Å². The van der Waals surface area contributed by atoms with E-state index in [0.29, 0.717) is 43.5 Å². The molecule has 0 unspecified atom stereocenters. The van der Waals surface area contributed by atoms with Gasteiger partial charge < -0.3 is 14.2 Å². The largest absolute Gasteiger partial charge is 0.457 e. The zero-order valence-corrected chi connectivity index (χ0v) is 19.6. The van der Waals surface area contributed by atoms with E-state index in [4.69, 9.17) is 4.74 Å². The number of sulfonamides is 1. The van der Waals surface area contributed by atoms with Gasteiger partial charge in [-0.25, -0.2) is 18.4 Å². The topological polar surface area (TPSA) is 80.6 Å². The number of benzene rings is 2. The highest BCUT2D eigenvalue weighted by atomic mass is 32.2. The number of anilines is 1. The van der Waals surface area contributed by atoms with Crippen LogP contribution in [0.2, 0.25) is 0 Å². The Morgan fingerprint density at radius 3 is 2.06 bits per heavy atom. The summed E-state index contributed by atoms with van der Waals surface area (Å²) in [4.78, 5) is 11.4. The fourth-order valence-electron chi connectivity index (χ4n) is 3.93. The number of aromatic nitrogens is 3. The monoisotopic (exact) mass is 475 g/mol. The Balaban J connectivity index is 1.26. The molecule has 0 radical (unpaired) electrons. The Hall–Kier alpha value is -3.69. The molecule has 34 heavy (non-hydrogen) atoms. The van der Waals surface area contributed by atoms with Crippen molar-refractivity contribution in [2.45, 2.75) is 11.8 Å². The molecule has 8 nitrogen and oxygen atoms in total. The lowest BCUT2D eigenvalue weighted by Gasteiger charge is -2.34. The molecule has 174 valence electrons. The first-order valence-corrected chi connectivity index (χ1v) is 12.5. The summed E-state index contributed by atoms with van der Waals surface area (Å²) in [5.74, 6) is 3.56. The highest BCUT2D eigenvalue weighted by Gasteiger charge is 2.29. The van der Waals surface area contributed by atoms with E-state index >= 15 is 0 Å². The molecule has 0 spiro atoms. The first kappa shape index (κ1) is 22.1. The van der Waals surface area contributed by atoms with Crippen LogP contribution >= 0.6 is 0 Å². The number of ether oxygens (including phenoxy) is 1. The summed E-state index contributed by atoms with van der Waals surface area (Å²) in [5, 5.41) is 0. The third-order valence-electron chi connectivity index (χ3n) is 5.68. The summed E-state index contributed by atoms with van der Waals surface area (Å²) < 4.78 is 35.6. The van der Waals surface area contributed by atoms with Crippen LogP contribution in [0.3, 0.4) is 0 Å². The van der Waals surface area contributed by atoms with Gasteiger partial charge in [-0.2, -0.15) is 4.31 Å². The molecule has 0 atom stereocenters. The number of aryl methyl sites for hydroxylation is 1. The van der Waals surface area contributed by atoms with Crippen LogP contribution in [0.15, 0.2) is 90.1 Å². The molecule has 0 saturated carbocycles. The van der Waals surface area contributed by atoms with Crippen molar-refractivity contribution in [3.63, 3.8) is 0 Å². The van der Waals surface area contributed by atoms with E-state index in [1.165, 1.54) is 4.31 Å². The van der Waals surface area contributed by atoms with E-state index in [-0.39, 0.29) is 4.90 Å².